The van der Waals surface area contributed by atoms with Crippen molar-refractivity contribution in [2.24, 2.45) is 0 Å². The zero-order valence-electron chi connectivity index (χ0n) is 14.1. The SMILES string of the molecule is COC(=O)c1ccc(CCc2ccccc2)n1Cc1ccc(F)cc1. The van der Waals surface area contributed by atoms with Gasteiger partial charge in [0.05, 0.1) is 7.11 Å². The van der Waals surface area contributed by atoms with Gasteiger partial charge in [0.15, 0.2) is 0 Å². The third-order valence-corrected chi connectivity index (χ3v) is 4.23. The van der Waals surface area contributed by atoms with Crippen LogP contribution in [-0.2, 0) is 24.1 Å². The highest BCUT2D eigenvalue weighted by Gasteiger charge is 2.15. The number of halogens is 1. The average molecular weight is 337 g/mol. The van der Waals surface area contributed by atoms with E-state index in [0.717, 1.165) is 24.1 Å². The van der Waals surface area contributed by atoms with Crippen molar-refractivity contribution in [2.45, 2.75) is 19.4 Å². The maximum absolute atomic E-state index is 13.1. The Morgan fingerprint density at radius 2 is 1.64 bits per heavy atom. The number of aryl methyl sites for hydroxylation is 2. The molecular formula is C21H20FNO2. The largest absolute Gasteiger partial charge is 0.464 e. The summed E-state index contributed by atoms with van der Waals surface area (Å²) in [6.45, 7) is 0.502. The molecule has 0 aliphatic rings. The Labute approximate surface area is 146 Å². The second kappa shape index (κ2) is 7.79. The van der Waals surface area contributed by atoms with Gasteiger partial charge in [0.1, 0.15) is 11.5 Å². The summed E-state index contributed by atoms with van der Waals surface area (Å²) >= 11 is 0. The summed E-state index contributed by atoms with van der Waals surface area (Å²) in [5.74, 6) is -0.637. The topological polar surface area (TPSA) is 31.2 Å². The van der Waals surface area contributed by atoms with Gasteiger partial charge in [-0.25, -0.2) is 9.18 Å². The van der Waals surface area contributed by atoms with Crippen molar-refractivity contribution in [1.29, 1.82) is 0 Å². The summed E-state index contributed by atoms with van der Waals surface area (Å²) in [5, 5.41) is 0. The molecule has 0 fully saturated rings. The molecular weight excluding hydrogens is 317 g/mol. The second-order valence-corrected chi connectivity index (χ2v) is 5.90. The quantitative estimate of drug-likeness (QED) is 0.630. The molecule has 0 aliphatic carbocycles. The minimum Gasteiger partial charge on any atom is -0.464 e. The van der Waals surface area contributed by atoms with Crippen LogP contribution in [0.25, 0.3) is 0 Å². The predicted molar refractivity (Wildman–Crippen MR) is 95.1 cm³/mol. The zero-order valence-corrected chi connectivity index (χ0v) is 14.1. The first-order valence-electron chi connectivity index (χ1n) is 8.22. The van der Waals surface area contributed by atoms with Gasteiger partial charge in [0.25, 0.3) is 0 Å². The molecule has 4 heteroatoms. The van der Waals surface area contributed by atoms with Gasteiger partial charge < -0.3 is 9.30 Å². The van der Waals surface area contributed by atoms with E-state index in [0.29, 0.717) is 12.2 Å². The third-order valence-electron chi connectivity index (χ3n) is 4.23. The van der Waals surface area contributed by atoms with Crippen molar-refractivity contribution in [3.8, 4) is 0 Å². The lowest BCUT2D eigenvalue weighted by molar-refractivity contribution is 0.0588. The number of carbonyl (C=O) groups is 1. The fraction of sp³-hybridized carbons (Fsp3) is 0.190. The Balaban J connectivity index is 1.85. The molecule has 0 spiro atoms. The first-order chi connectivity index (χ1) is 12.2. The van der Waals surface area contributed by atoms with Crippen LogP contribution < -0.4 is 0 Å². The molecule has 0 bridgehead atoms. The lowest BCUT2D eigenvalue weighted by atomic mass is 10.1. The first-order valence-corrected chi connectivity index (χ1v) is 8.22. The molecule has 0 radical (unpaired) electrons. The average Bonchev–Trinajstić information content (AvgIpc) is 3.04. The van der Waals surface area contributed by atoms with E-state index in [2.05, 4.69) is 12.1 Å². The zero-order chi connectivity index (χ0) is 17.6. The van der Waals surface area contributed by atoms with Crippen LogP contribution in [0.3, 0.4) is 0 Å². The highest BCUT2D eigenvalue weighted by atomic mass is 19.1. The minimum absolute atomic E-state index is 0.270. The van der Waals surface area contributed by atoms with Crippen LogP contribution in [0.5, 0.6) is 0 Å². The number of nitrogens with zero attached hydrogens (tertiary/aromatic N) is 1. The van der Waals surface area contributed by atoms with Crippen LogP contribution in [0.15, 0.2) is 66.7 Å². The summed E-state index contributed by atoms with van der Waals surface area (Å²) in [5.41, 5.74) is 3.74. The van der Waals surface area contributed by atoms with Crippen LogP contribution in [0.4, 0.5) is 4.39 Å². The number of hydrogen-bond acceptors (Lipinski definition) is 2. The van der Waals surface area contributed by atoms with Crippen molar-refractivity contribution < 1.29 is 13.9 Å². The Morgan fingerprint density at radius 3 is 2.32 bits per heavy atom. The van der Waals surface area contributed by atoms with Gasteiger partial charge in [-0.2, -0.15) is 0 Å². The van der Waals surface area contributed by atoms with Crippen LogP contribution >= 0.6 is 0 Å². The van der Waals surface area contributed by atoms with Crippen molar-refractivity contribution in [3.05, 3.63) is 95.1 Å². The van der Waals surface area contributed by atoms with Gasteiger partial charge in [-0.1, -0.05) is 42.5 Å². The van der Waals surface area contributed by atoms with Gasteiger partial charge >= 0.3 is 5.97 Å². The van der Waals surface area contributed by atoms with Crippen molar-refractivity contribution in [3.63, 3.8) is 0 Å². The lowest BCUT2D eigenvalue weighted by Crippen LogP contribution is -2.14. The van der Waals surface area contributed by atoms with Crippen molar-refractivity contribution in [1.82, 2.24) is 4.57 Å². The molecule has 1 aromatic heterocycles. The number of rotatable bonds is 6. The first kappa shape index (κ1) is 17.0. The Morgan fingerprint density at radius 1 is 0.920 bits per heavy atom. The molecule has 2 aromatic carbocycles. The summed E-state index contributed by atoms with van der Waals surface area (Å²) in [6.07, 6.45) is 1.69. The van der Waals surface area contributed by atoms with Crippen LogP contribution in [-0.4, -0.2) is 17.6 Å². The van der Waals surface area contributed by atoms with E-state index in [1.165, 1.54) is 24.8 Å². The van der Waals surface area contributed by atoms with Crippen molar-refractivity contribution >= 4 is 5.97 Å². The summed E-state index contributed by atoms with van der Waals surface area (Å²) in [6, 6.07) is 20.3. The van der Waals surface area contributed by atoms with E-state index in [-0.39, 0.29) is 11.8 Å². The highest BCUT2D eigenvalue weighted by molar-refractivity contribution is 5.87. The normalized spacial score (nSPS) is 10.6. The van der Waals surface area contributed by atoms with Gasteiger partial charge in [-0.3, -0.25) is 0 Å². The van der Waals surface area contributed by atoms with Crippen LogP contribution in [0, 0.1) is 5.82 Å². The minimum atomic E-state index is -0.368. The highest BCUT2D eigenvalue weighted by Crippen LogP contribution is 2.17. The fourth-order valence-electron chi connectivity index (χ4n) is 2.89. The molecule has 25 heavy (non-hydrogen) atoms. The monoisotopic (exact) mass is 337 g/mol. The molecule has 0 saturated heterocycles. The van der Waals surface area contributed by atoms with E-state index < -0.39 is 0 Å². The molecule has 128 valence electrons. The Hall–Kier alpha value is -2.88. The molecule has 0 atom stereocenters. The van der Waals surface area contributed by atoms with Crippen LogP contribution in [0.2, 0.25) is 0 Å². The van der Waals surface area contributed by atoms with Gasteiger partial charge in [-0.15, -0.1) is 0 Å². The second-order valence-electron chi connectivity index (χ2n) is 5.90. The van der Waals surface area contributed by atoms with Crippen LogP contribution in [0.1, 0.15) is 27.3 Å². The predicted octanol–water partition coefficient (Wildman–Crippen LogP) is 4.25. The smallest absolute Gasteiger partial charge is 0.354 e. The maximum atomic E-state index is 13.1. The number of hydrogen-bond donors (Lipinski definition) is 0. The number of ether oxygens (including phenoxy) is 1. The maximum Gasteiger partial charge on any atom is 0.354 e. The summed E-state index contributed by atoms with van der Waals surface area (Å²) in [4.78, 5) is 12.1. The molecule has 0 unspecified atom stereocenters. The third kappa shape index (κ3) is 4.15. The van der Waals surface area contributed by atoms with E-state index in [9.17, 15) is 9.18 Å². The molecule has 3 nitrogen and oxygen atoms in total. The van der Waals surface area contributed by atoms with Gasteiger partial charge in [-0.05, 0) is 48.2 Å². The summed E-state index contributed by atoms with van der Waals surface area (Å²) < 4.78 is 20.0. The Bertz CT molecular complexity index is 838. The molecule has 0 N–H and O–H groups in total. The molecule has 0 saturated carbocycles. The Kier molecular flexibility index (Phi) is 5.29. The standard InChI is InChI=1S/C21H20FNO2/c1-25-21(24)20-14-13-19(12-9-16-5-3-2-4-6-16)23(20)15-17-7-10-18(22)11-8-17/h2-8,10-11,13-14H,9,12,15H2,1H3. The number of esters is 1. The number of benzene rings is 2. The fourth-order valence-corrected chi connectivity index (χ4v) is 2.89. The lowest BCUT2D eigenvalue weighted by Gasteiger charge is -2.13. The van der Waals surface area contributed by atoms with E-state index in [1.54, 1.807) is 18.2 Å². The number of aromatic nitrogens is 1. The molecule has 3 rings (SSSR count). The van der Waals surface area contributed by atoms with E-state index >= 15 is 0 Å². The molecule has 0 amide bonds. The van der Waals surface area contributed by atoms with Gasteiger partial charge in [0.2, 0.25) is 0 Å². The molecule has 3 aromatic rings. The van der Waals surface area contributed by atoms with E-state index in [1.807, 2.05) is 28.8 Å². The van der Waals surface area contributed by atoms with Crippen molar-refractivity contribution in [2.75, 3.05) is 7.11 Å². The van der Waals surface area contributed by atoms with E-state index in [4.69, 9.17) is 4.74 Å². The number of carbonyl (C=O) groups excluding carboxylic acids is 1. The summed E-state index contributed by atoms with van der Waals surface area (Å²) in [7, 11) is 1.38. The molecule has 0 aliphatic heterocycles. The van der Waals surface area contributed by atoms with Gasteiger partial charge in [0, 0.05) is 12.2 Å². The number of methoxy groups -OCH3 is 1. The molecule has 1 heterocycles.